The Bertz CT molecular complexity index is 468. The van der Waals surface area contributed by atoms with Crippen LogP contribution < -0.4 is 5.32 Å². The molecule has 96 valence electrons. The number of benzene rings is 1. The van der Waals surface area contributed by atoms with Gasteiger partial charge >= 0.3 is 0 Å². The van der Waals surface area contributed by atoms with Crippen LogP contribution in [-0.4, -0.2) is 22.7 Å². The van der Waals surface area contributed by atoms with Crippen molar-refractivity contribution in [3.63, 3.8) is 0 Å². The molecule has 1 unspecified atom stereocenters. The summed E-state index contributed by atoms with van der Waals surface area (Å²) in [6.45, 7) is 2.17. The van der Waals surface area contributed by atoms with Gasteiger partial charge in [0, 0.05) is 12.6 Å². The lowest BCUT2D eigenvalue weighted by Crippen LogP contribution is -2.19. The summed E-state index contributed by atoms with van der Waals surface area (Å²) >= 11 is 0. The largest absolute Gasteiger partial charge is 0.391 e. The molecule has 0 aliphatic rings. The van der Waals surface area contributed by atoms with Crippen LogP contribution in [0.5, 0.6) is 0 Å². The molecule has 0 aromatic heterocycles. The van der Waals surface area contributed by atoms with Gasteiger partial charge in [-0.3, -0.25) is 10.1 Å². The van der Waals surface area contributed by atoms with E-state index in [1.165, 1.54) is 18.2 Å². The van der Waals surface area contributed by atoms with E-state index in [0.717, 1.165) is 6.42 Å². The maximum atomic E-state index is 10.8. The highest BCUT2D eigenvalue weighted by Gasteiger charge is 2.14. The first kappa shape index (κ1) is 13.9. The number of nitro groups is 1. The molecule has 0 radical (unpaired) electrons. The lowest BCUT2D eigenvalue weighted by atomic mass is 10.1. The number of hydrogen-bond acceptors (Lipinski definition) is 5. The lowest BCUT2D eigenvalue weighted by molar-refractivity contribution is -0.384. The molecule has 0 heterocycles. The average molecular weight is 249 g/mol. The van der Waals surface area contributed by atoms with Crippen molar-refractivity contribution in [2.24, 2.45) is 0 Å². The maximum Gasteiger partial charge on any atom is 0.292 e. The van der Waals surface area contributed by atoms with Crippen LogP contribution in [0.15, 0.2) is 18.2 Å². The van der Waals surface area contributed by atoms with Crippen molar-refractivity contribution in [1.29, 1.82) is 5.26 Å². The molecule has 0 fully saturated rings. The predicted molar refractivity (Wildman–Crippen MR) is 67.2 cm³/mol. The number of rotatable bonds is 6. The molecule has 6 nitrogen and oxygen atoms in total. The molecule has 0 saturated carbocycles. The van der Waals surface area contributed by atoms with Crippen molar-refractivity contribution in [2.45, 2.75) is 25.9 Å². The SMILES string of the molecule is CCCC(O)CNc1cc(C#N)ccc1[N+](=O)[O-]. The summed E-state index contributed by atoms with van der Waals surface area (Å²) in [5, 5.41) is 31.9. The van der Waals surface area contributed by atoms with E-state index in [2.05, 4.69) is 5.32 Å². The molecule has 1 atom stereocenters. The minimum atomic E-state index is -0.555. The number of nitro benzene ring substituents is 1. The highest BCUT2D eigenvalue weighted by Crippen LogP contribution is 2.25. The van der Waals surface area contributed by atoms with Crippen molar-refractivity contribution in [1.82, 2.24) is 0 Å². The number of hydrogen-bond donors (Lipinski definition) is 2. The van der Waals surface area contributed by atoms with Crippen molar-refractivity contribution in [3.8, 4) is 6.07 Å². The molecule has 0 spiro atoms. The molecule has 2 N–H and O–H groups in total. The second kappa shape index (κ2) is 6.57. The molecular formula is C12H15N3O3. The average Bonchev–Trinajstić information content (AvgIpc) is 2.36. The van der Waals surface area contributed by atoms with E-state index in [1.54, 1.807) is 0 Å². The molecule has 1 aromatic rings. The molecule has 0 bridgehead atoms. The van der Waals surface area contributed by atoms with Gasteiger partial charge in [-0.1, -0.05) is 13.3 Å². The Morgan fingerprint density at radius 3 is 2.89 bits per heavy atom. The van der Waals surface area contributed by atoms with Crippen molar-refractivity contribution in [2.75, 3.05) is 11.9 Å². The minimum Gasteiger partial charge on any atom is -0.391 e. The van der Waals surface area contributed by atoms with Crippen LogP contribution in [0.3, 0.4) is 0 Å². The van der Waals surface area contributed by atoms with Crippen molar-refractivity contribution in [3.05, 3.63) is 33.9 Å². The van der Waals surface area contributed by atoms with Crippen LogP contribution in [0.1, 0.15) is 25.3 Å². The molecule has 1 rings (SSSR count). The third-order valence-corrected chi connectivity index (χ3v) is 2.47. The number of anilines is 1. The zero-order chi connectivity index (χ0) is 13.5. The van der Waals surface area contributed by atoms with E-state index >= 15 is 0 Å². The predicted octanol–water partition coefficient (Wildman–Crippen LogP) is 2.04. The first-order valence-corrected chi connectivity index (χ1v) is 5.69. The van der Waals surface area contributed by atoms with Crippen molar-refractivity contribution >= 4 is 11.4 Å². The summed E-state index contributed by atoms with van der Waals surface area (Å²) in [6, 6.07) is 6.01. The number of aliphatic hydroxyl groups excluding tert-OH is 1. The van der Waals surface area contributed by atoms with Gasteiger partial charge in [-0.05, 0) is 18.6 Å². The monoisotopic (exact) mass is 249 g/mol. The summed E-state index contributed by atoms with van der Waals surface area (Å²) in [5.41, 5.74) is 0.500. The summed E-state index contributed by atoms with van der Waals surface area (Å²) < 4.78 is 0. The van der Waals surface area contributed by atoms with Crippen LogP contribution in [0.4, 0.5) is 11.4 Å². The second-order valence-corrected chi connectivity index (χ2v) is 3.92. The Kier molecular flexibility index (Phi) is 5.08. The van der Waals surface area contributed by atoms with Crippen LogP contribution in [-0.2, 0) is 0 Å². The number of aliphatic hydroxyl groups is 1. The van der Waals surface area contributed by atoms with E-state index in [1.807, 2.05) is 13.0 Å². The zero-order valence-electron chi connectivity index (χ0n) is 10.1. The van der Waals surface area contributed by atoms with Gasteiger partial charge in [0.15, 0.2) is 0 Å². The number of nitrogens with zero attached hydrogens (tertiary/aromatic N) is 2. The maximum absolute atomic E-state index is 10.8. The summed E-state index contributed by atoms with van der Waals surface area (Å²) in [7, 11) is 0. The van der Waals surface area contributed by atoms with E-state index in [0.29, 0.717) is 12.0 Å². The lowest BCUT2D eigenvalue weighted by Gasteiger charge is -2.12. The highest BCUT2D eigenvalue weighted by atomic mass is 16.6. The molecular weight excluding hydrogens is 234 g/mol. The summed E-state index contributed by atoms with van der Waals surface area (Å²) in [6.07, 6.45) is 0.905. The van der Waals surface area contributed by atoms with E-state index in [-0.39, 0.29) is 17.9 Å². The molecule has 6 heteroatoms. The Labute approximate surface area is 105 Å². The first-order chi connectivity index (χ1) is 8.58. The Balaban J connectivity index is 2.85. The fourth-order valence-corrected chi connectivity index (χ4v) is 1.57. The van der Waals surface area contributed by atoms with Crippen LogP contribution in [0.2, 0.25) is 0 Å². The van der Waals surface area contributed by atoms with Crippen LogP contribution >= 0.6 is 0 Å². The van der Waals surface area contributed by atoms with Gasteiger partial charge in [-0.2, -0.15) is 5.26 Å². The Hall–Kier alpha value is -2.13. The molecule has 0 aliphatic heterocycles. The van der Waals surface area contributed by atoms with Crippen LogP contribution in [0, 0.1) is 21.4 Å². The fraction of sp³-hybridized carbons (Fsp3) is 0.417. The van der Waals surface area contributed by atoms with Gasteiger partial charge in [0.1, 0.15) is 5.69 Å². The van der Waals surface area contributed by atoms with E-state index in [9.17, 15) is 15.2 Å². The molecule has 1 aromatic carbocycles. The Morgan fingerprint density at radius 1 is 1.61 bits per heavy atom. The molecule has 0 aliphatic carbocycles. The molecule has 0 saturated heterocycles. The topological polar surface area (TPSA) is 99.2 Å². The highest BCUT2D eigenvalue weighted by molar-refractivity contribution is 5.64. The van der Waals surface area contributed by atoms with Crippen molar-refractivity contribution < 1.29 is 10.0 Å². The molecule has 0 amide bonds. The van der Waals surface area contributed by atoms with Gasteiger partial charge in [-0.25, -0.2) is 0 Å². The van der Waals surface area contributed by atoms with Crippen LogP contribution in [0.25, 0.3) is 0 Å². The quantitative estimate of drug-likeness (QED) is 0.593. The van der Waals surface area contributed by atoms with E-state index < -0.39 is 11.0 Å². The third-order valence-electron chi connectivity index (χ3n) is 2.47. The number of nitriles is 1. The van der Waals surface area contributed by atoms with Gasteiger partial charge in [-0.15, -0.1) is 0 Å². The third kappa shape index (κ3) is 3.71. The summed E-state index contributed by atoms with van der Waals surface area (Å²) in [4.78, 5) is 10.3. The number of nitrogens with one attached hydrogen (secondary N) is 1. The van der Waals surface area contributed by atoms with Gasteiger partial charge in [0.05, 0.1) is 22.7 Å². The van der Waals surface area contributed by atoms with Gasteiger partial charge < -0.3 is 10.4 Å². The standard InChI is InChI=1S/C12H15N3O3/c1-2-3-10(16)8-14-11-6-9(7-13)4-5-12(11)15(17)18/h4-6,10,14,16H,2-3,8H2,1H3. The van der Waals surface area contributed by atoms with E-state index in [4.69, 9.17) is 5.26 Å². The normalized spacial score (nSPS) is 11.6. The minimum absolute atomic E-state index is 0.0994. The first-order valence-electron chi connectivity index (χ1n) is 5.69. The smallest absolute Gasteiger partial charge is 0.292 e. The summed E-state index contributed by atoms with van der Waals surface area (Å²) in [5.74, 6) is 0. The Morgan fingerprint density at radius 2 is 2.33 bits per heavy atom. The van der Waals surface area contributed by atoms with Gasteiger partial charge in [0.25, 0.3) is 5.69 Å². The molecule has 18 heavy (non-hydrogen) atoms. The zero-order valence-corrected chi connectivity index (χ0v) is 10.1. The fourth-order valence-electron chi connectivity index (χ4n) is 1.57. The second-order valence-electron chi connectivity index (χ2n) is 3.92. The van der Waals surface area contributed by atoms with Gasteiger partial charge in [0.2, 0.25) is 0 Å².